The molecule has 0 unspecified atom stereocenters. The molecule has 0 bridgehead atoms. The number of fused-ring (bicyclic) bond motifs is 1. The molecular formula is C16H19N3O3S2. The number of hydrogen-bond acceptors (Lipinski definition) is 6. The van der Waals surface area contributed by atoms with Gasteiger partial charge in [-0.25, -0.2) is 9.97 Å². The van der Waals surface area contributed by atoms with Gasteiger partial charge in [-0.3, -0.25) is 9.59 Å². The largest absolute Gasteiger partial charge is 0.481 e. The number of carboxylic acids is 1. The molecule has 0 atom stereocenters. The predicted molar refractivity (Wildman–Crippen MR) is 94.4 cm³/mol. The minimum Gasteiger partial charge on any atom is -0.481 e. The lowest BCUT2D eigenvalue weighted by atomic mass is 9.97. The Kier molecular flexibility index (Phi) is 5.35. The highest BCUT2D eigenvalue weighted by Crippen LogP contribution is 2.30. The van der Waals surface area contributed by atoms with Crippen molar-refractivity contribution in [3.63, 3.8) is 0 Å². The third kappa shape index (κ3) is 3.87. The first-order valence-corrected chi connectivity index (χ1v) is 9.69. The van der Waals surface area contributed by atoms with Gasteiger partial charge in [-0.1, -0.05) is 0 Å². The summed E-state index contributed by atoms with van der Waals surface area (Å²) in [5, 5.41) is 11.0. The van der Waals surface area contributed by atoms with Crippen molar-refractivity contribution in [3.05, 3.63) is 17.3 Å². The maximum Gasteiger partial charge on any atom is 0.306 e. The standard InChI is InChI=1S/C16H19N3O3S2/c1-10-8-12-14(17-9-18-15(12)24-10)23-7-4-13(20)19-5-2-11(3-6-19)16(21)22/h8-9,11H,2-7H2,1H3,(H,21,22). The maximum absolute atomic E-state index is 12.3. The fourth-order valence-corrected chi connectivity index (χ4v) is 4.65. The Balaban J connectivity index is 1.51. The molecule has 0 radical (unpaired) electrons. The van der Waals surface area contributed by atoms with E-state index in [1.165, 1.54) is 4.88 Å². The summed E-state index contributed by atoms with van der Waals surface area (Å²) in [7, 11) is 0. The smallest absolute Gasteiger partial charge is 0.306 e. The van der Waals surface area contributed by atoms with E-state index < -0.39 is 5.97 Å². The van der Waals surface area contributed by atoms with Gasteiger partial charge in [-0.2, -0.15) is 0 Å². The van der Waals surface area contributed by atoms with Crippen molar-refractivity contribution < 1.29 is 14.7 Å². The number of aliphatic carboxylic acids is 1. The molecule has 1 fully saturated rings. The van der Waals surface area contributed by atoms with E-state index in [1.54, 1.807) is 34.3 Å². The number of carboxylic acid groups (broad SMARTS) is 1. The van der Waals surface area contributed by atoms with Gasteiger partial charge in [-0.05, 0) is 25.8 Å². The number of rotatable bonds is 5. The average molecular weight is 365 g/mol. The molecule has 1 N–H and O–H groups in total. The SMILES string of the molecule is Cc1cc2c(SCCC(=O)N3CCC(C(=O)O)CC3)ncnc2s1. The first-order chi connectivity index (χ1) is 11.5. The van der Waals surface area contributed by atoms with E-state index in [4.69, 9.17) is 5.11 Å². The van der Waals surface area contributed by atoms with E-state index in [1.807, 2.05) is 6.92 Å². The monoisotopic (exact) mass is 365 g/mol. The zero-order valence-corrected chi connectivity index (χ0v) is 15.0. The Morgan fingerprint density at radius 1 is 1.38 bits per heavy atom. The molecule has 24 heavy (non-hydrogen) atoms. The number of hydrogen-bond donors (Lipinski definition) is 1. The van der Waals surface area contributed by atoms with Gasteiger partial charge in [-0.15, -0.1) is 23.1 Å². The Hall–Kier alpha value is -1.67. The lowest BCUT2D eigenvalue weighted by Crippen LogP contribution is -2.40. The number of aromatic nitrogens is 2. The van der Waals surface area contributed by atoms with Gasteiger partial charge in [0.05, 0.1) is 5.92 Å². The van der Waals surface area contributed by atoms with Crippen LogP contribution in [0, 0.1) is 12.8 Å². The van der Waals surface area contributed by atoms with Gasteiger partial charge in [0.25, 0.3) is 0 Å². The number of carbonyl (C=O) groups is 2. The van der Waals surface area contributed by atoms with Crippen LogP contribution < -0.4 is 0 Å². The fraction of sp³-hybridized carbons (Fsp3) is 0.500. The van der Waals surface area contributed by atoms with Crippen molar-refractivity contribution in [2.45, 2.75) is 31.2 Å². The summed E-state index contributed by atoms with van der Waals surface area (Å²) in [6, 6.07) is 2.08. The van der Waals surface area contributed by atoms with Crippen molar-refractivity contribution in [2.24, 2.45) is 5.92 Å². The number of piperidine rings is 1. The molecule has 128 valence electrons. The number of thioether (sulfide) groups is 1. The summed E-state index contributed by atoms with van der Waals surface area (Å²) in [6.07, 6.45) is 3.11. The summed E-state index contributed by atoms with van der Waals surface area (Å²) in [6.45, 7) is 3.13. The second-order valence-electron chi connectivity index (χ2n) is 5.85. The Morgan fingerprint density at radius 2 is 2.12 bits per heavy atom. The summed E-state index contributed by atoms with van der Waals surface area (Å²) >= 11 is 3.22. The molecule has 0 aromatic carbocycles. The first kappa shape index (κ1) is 17.2. The second kappa shape index (κ2) is 7.48. The maximum atomic E-state index is 12.3. The minimum atomic E-state index is -0.753. The molecule has 2 aromatic rings. The highest BCUT2D eigenvalue weighted by Gasteiger charge is 2.26. The zero-order valence-electron chi connectivity index (χ0n) is 13.4. The Labute approximate surface area is 148 Å². The van der Waals surface area contributed by atoms with Crippen LogP contribution in [-0.4, -0.2) is 50.7 Å². The molecule has 0 saturated carbocycles. The molecule has 6 nitrogen and oxygen atoms in total. The fourth-order valence-electron chi connectivity index (χ4n) is 2.84. The van der Waals surface area contributed by atoms with E-state index in [9.17, 15) is 9.59 Å². The first-order valence-electron chi connectivity index (χ1n) is 7.89. The number of thiophene rings is 1. The van der Waals surface area contributed by atoms with Crippen LogP contribution in [0.4, 0.5) is 0 Å². The van der Waals surface area contributed by atoms with Crippen molar-refractivity contribution in [1.82, 2.24) is 14.9 Å². The van der Waals surface area contributed by atoms with Crippen LogP contribution >= 0.6 is 23.1 Å². The highest BCUT2D eigenvalue weighted by molar-refractivity contribution is 7.99. The van der Waals surface area contributed by atoms with Crippen LogP contribution in [0.25, 0.3) is 10.2 Å². The number of amides is 1. The number of likely N-dealkylation sites (tertiary alicyclic amines) is 1. The van der Waals surface area contributed by atoms with Crippen molar-refractivity contribution in [1.29, 1.82) is 0 Å². The zero-order chi connectivity index (χ0) is 17.1. The molecule has 1 saturated heterocycles. The van der Waals surface area contributed by atoms with Gasteiger partial charge >= 0.3 is 5.97 Å². The van der Waals surface area contributed by atoms with E-state index in [2.05, 4.69) is 16.0 Å². The average Bonchev–Trinajstić information content (AvgIpc) is 2.96. The molecule has 0 spiro atoms. The van der Waals surface area contributed by atoms with Crippen molar-refractivity contribution in [3.8, 4) is 0 Å². The van der Waals surface area contributed by atoms with Crippen LogP contribution in [0.3, 0.4) is 0 Å². The van der Waals surface area contributed by atoms with E-state index in [0.29, 0.717) is 38.1 Å². The highest BCUT2D eigenvalue weighted by atomic mass is 32.2. The summed E-state index contributed by atoms with van der Waals surface area (Å²) in [4.78, 5) is 35.8. The summed E-state index contributed by atoms with van der Waals surface area (Å²) in [5.41, 5.74) is 0. The van der Waals surface area contributed by atoms with Gasteiger partial charge < -0.3 is 10.0 Å². The summed E-state index contributed by atoms with van der Waals surface area (Å²) < 4.78 is 0. The molecule has 1 aliphatic heterocycles. The van der Waals surface area contributed by atoms with E-state index in [-0.39, 0.29) is 11.8 Å². The van der Waals surface area contributed by atoms with Crippen LogP contribution in [0.5, 0.6) is 0 Å². The molecule has 2 aromatic heterocycles. The summed E-state index contributed by atoms with van der Waals surface area (Å²) in [5.74, 6) is -0.298. The third-order valence-corrected chi connectivity index (χ3v) is 6.13. The topological polar surface area (TPSA) is 83.4 Å². The molecular weight excluding hydrogens is 346 g/mol. The molecule has 0 aliphatic carbocycles. The Morgan fingerprint density at radius 3 is 2.83 bits per heavy atom. The lowest BCUT2D eigenvalue weighted by Gasteiger charge is -2.30. The van der Waals surface area contributed by atoms with Crippen molar-refractivity contribution >= 4 is 45.2 Å². The van der Waals surface area contributed by atoms with E-state index >= 15 is 0 Å². The van der Waals surface area contributed by atoms with Gasteiger partial charge in [0.2, 0.25) is 5.91 Å². The van der Waals surface area contributed by atoms with Gasteiger partial charge in [0.15, 0.2) is 0 Å². The second-order valence-corrected chi connectivity index (χ2v) is 8.16. The van der Waals surface area contributed by atoms with Crippen LogP contribution in [-0.2, 0) is 9.59 Å². The van der Waals surface area contributed by atoms with Gasteiger partial charge in [0, 0.05) is 35.5 Å². The molecule has 8 heteroatoms. The molecule has 3 rings (SSSR count). The molecule has 3 heterocycles. The van der Waals surface area contributed by atoms with E-state index in [0.717, 1.165) is 15.2 Å². The number of aryl methyl sites for hydroxylation is 1. The third-order valence-electron chi connectivity index (χ3n) is 4.17. The quantitative estimate of drug-likeness (QED) is 0.648. The number of nitrogens with zero attached hydrogens (tertiary/aromatic N) is 3. The van der Waals surface area contributed by atoms with Crippen LogP contribution in [0.15, 0.2) is 17.4 Å². The molecule has 1 amide bonds. The van der Waals surface area contributed by atoms with Gasteiger partial charge in [0.1, 0.15) is 16.2 Å². The van der Waals surface area contributed by atoms with Crippen LogP contribution in [0.2, 0.25) is 0 Å². The number of carbonyl (C=O) groups excluding carboxylic acids is 1. The molecule has 1 aliphatic rings. The van der Waals surface area contributed by atoms with Crippen molar-refractivity contribution in [2.75, 3.05) is 18.8 Å². The lowest BCUT2D eigenvalue weighted by molar-refractivity contribution is -0.145. The minimum absolute atomic E-state index is 0.0955. The Bertz CT molecular complexity index is 754. The van der Waals surface area contributed by atoms with Crippen LogP contribution in [0.1, 0.15) is 24.1 Å². The predicted octanol–water partition coefficient (Wildman–Crippen LogP) is 2.81. The normalized spacial score (nSPS) is 15.8.